The third-order valence-corrected chi connectivity index (χ3v) is 6.19. The summed E-state index contributed by atoms with van der Waals surface area (Å²) in [5, 5.41) is 10.5. The van der Waals surface area contributed by atoms with E-state index in [2.05, 4.69) is 20.8 Å². The van der Waals surface area contributed by atoms with Crippen LogP contribution >= 0.6 is 0 Å². The fraction of sp³-hybridized carbons (Fsp3) is 1.00. The van der Waals surface area contributed by atoms with Gasteiger partial charge in [-0.3, -0.25) is 0 Å². The van der Waals surface area contributed by atoms with Crippen molar-refractivity contribution < 1.29 is 5.11 Å². The monoisotopic (exact) mass is 208 g/mol. The number of fused-ring (bicyclic) bond motifs is 1. The smallest absolute Gasteiger partial charge is 0.0653 e. The summed E-state index contributed by atoms with van der Waals surface area (Å²) in [6.45, 7) is 6.90. The average Bonchev–Trinajstić information content (AvgIpc) is 2.60. The summed E-state index contributed by atoms with van der Waals surface area (Å²) in [7, 11) is 0. The quantitative estimate of drug-likeness (QED) is 0.647. The average molecular weight is 208 g/mol. The van der Waals surface area contributed by atoms with Gasteiger partial charge in [-0.2, -0.15) is 0 Å². The topological polar surface area (TPSA) is 20.2 Å². The zero-order valence-corrected chi connectivity index (χ0v) is 10.3. The molecular formula is C14H24O. The molecule has 2 bridgehead atoms. The summed E-state index contributed by atoms with van der Waals surface area (Å²) < 4.78 is 0. The summed E-state index contributed by atoms with van der Waals surface area (Å²) >= 11 is 0. The standard InChI is InChI=1S/C14H24O/c1-12(2)10-5-4-6-14(10)8-7-13(3,15)11(12)9-14/h10-11,15H,4-9H2,1-3H3/t10?,11-,13-,14+/m1/s1. The second kappa shape index (κ2) is 2.61. The van der Waals surface area contributed by atoms with E-state index >= 15 is 0 Å². The number of hydrogen-bond donors (Lipinski definition) is 1. The first kappa shape index (κ1) is 10.1. The summed E-state index contributed by atoms with van der Waals surface area (Å²) in [6.07, 6.45) is 7.91. The van der Waals surface area contributed by atoms with Crippen LogP contribution in [0.4, 0.5) is 0 Å². The van der Waals surface area contributed by atoms with Gasteiger partial charge in [-0.05, 0) is 61.7 Å². The van der Waals surface area contributed by atoms with Gasteiger partial charge in [-0.15, -0.1) is 0 Å². The van der Waals surface area contributed by atoms with E-state index in [9.17, 15) is 5.11 Å². The maximum atomic E-state index is 10.5. The minimum absolute atomic E-state index is 0.372. The summed E-state index contributed by atoms with van der Waals surface area (Å²) in [5.74, 6) is 1.44. The van der Waals surface area contributed by atoms with Crippen molar-refractivity contribution in [2.75, 3.05) is 0 Å². The maximum Gasteiger partial charge on any atom is 0.0653 e. The van der Waals surface area contributed by atoms with E-state index in [-0.39, 0.29) is 5.60 Å². The minimum Gasteiger partial charge on any atom is -0.390 e. The normalized spacial score (nSPS) is 56.8. The van der Waals surface area contributed by atoms with Crippen molar-refractivity contribution in [3.8, 4) is 0 Å². The minimum atomic E-state index is -0.390. The molecule has 3 rings (SSSR count). The van der Waals surface area contributed by atoms with Gasteiger partial charge in [0.15, 0.2) is 0 Å². The van der Waals surface area contributed by atoms with E-state index in [0.717, 1.165) is 12.3 Å². The van der Waals surface area contributed by atoms with Gasteiger partial charge in [-0.1, -0.05) is 20.3 Å². The molecule has 1 spiro atoms. The highest BCUT2D eigenvalue weighted by molar-refractivity contribution is 5.15. The van der Waals surface area contributed by atoms with Gasteiger partial charge in [0, 0.05) is 0 Å². The largest absolute Gasteiger partial charge is 0.390 e. The van der Waals surface area contributed by atoms with Gasteiger partial charge in [0.25, 0.3) is 0 Å². The van der Waals surface area contributed by atoms with Crippen molar-refractivity contribution in [3.63, 3.8) is 0 Å². The summed E-state index contributed by atoms with van der Waals surface area (Å²) in [5.41, 5.74) is 0.617. The molecule has 0 radical (unpaired) electrons. The molecule has 1 heteroatoms. The molecule has 3 aliphatic rings. The molecule has 0 aromatic carbocycles. The Morgan fingerprint density at radius 2 is 1.73 bits per heavy atom. The Balaban J connectivity index is 2.05. The molecular weight excluding hydrogens is 184 g/mol. The van der Waals surface area contributed by atoms with Crippen LogP contribution in [0.3, 0.4) is 0 Å². The van der Waals surface area contributed by atoms with Crippen molar-refractivity contribution in [1.29, 1.82) is 0 Å². The highest BCUT2D eigenvalue weighted by Crippen LogP contribution is 2.71. The van der Waals surface area contributed by atoms with Gasteiger partial charge >= 0.3 is 0 Å². The second-order valence-corrected chi connectivity index (χ2v) is 7.24. The molecule has 86 valence electrons. The lowest BCUT2D eigenvalue weighted by molar-refractivity contribution is -0.0672. The van der Waals surface area contributed by atoms with Crippen LogP contribution in [0.5, 0.6) is 0 Å². The third kappa shape index (κ3) is 1.08. The molecule has 1 unspecified atom stereocenters. The molecule has 0 aromatic heterocycles. The fourth-order valence-corrected chi connectivity index (χ4v) is 5.56. The van der Waals surface area contributed by atoms with Crippen LogP contribution in [-0.2, 0) is 0 Å². The Morgan fingerprint density at radius 3 is 2.47 bits per heavy atom. The lowest BCUT2D eigenvalue weighted by atomic mass is 9.66. The molecule has 3 saturated carbocycles. The van der Waals surface area contributed by atoms with E-state index in [1.807, 2.05) is 0 Å². The highest BCUT2D eigenvalue weighted by Gasteiger charge is 2.65. The predicted octanol–water partition coefficient (Wildman–Crippen LogP) is 3.36. The van der Waals surface area contributed by atoms with Crippen molar-refractivity contribution in [3.05, 3.63) is 0 Å². The van der Waals surface area contributed by atoms with Crippen LogP contribution in [0.25, 0.3) is 0 Å². The van der Waals surface area contributed by atoms with Crippen LogP contribution in [0, 0.1) is 22.7 Å². The van der Waals surface area contributed by atoms with Gasteiger partial charge < -0.3 is 5.11 Å². The van der Waals surface area contributed by atoms with E-state index in [1.165, 1.54) is 32.1 Å². The fourth-order valence-electron chi connectivity index (χ4n) is 5.56. The van der Waals surface area contributed by atoms with E-state index in [4.69, 9.17) is 0 Å². The summed E-state index contributed by atoms with van der Waals surface area (Å²) in [6, 6.07) is 0. The van der Waals surface area contributed by atoms with Gasteiger partial charge in [-0.25, -0.2) is 0 Å². The lowest BCUT2D eigenvalue weighted by Crippen LogP contribution is -2.43. The molecule has 0 heterocycles. The van der Waals surface area contributed by atoms with Crippen molar-refractivity contribution in [1.82, 2.24) is 0 Å². The molecule has 4 atom stereocenters. The summed E-state index contributed by atoms with van der Waals surface area (Å²) in [4.78, 5) is 0. The Kier molecular flexibility index (Phi) is 1.77. The molecule has 0 amide bonds. The van der Waals surface area contributed by atoms with Gasteiger partial charge in [0.05, 0.1) is 5.60 Å². The van der Waals surface area contributed by atoms with Crippen LogP contribution in [-0.4, -0.2) is 10.7 Å². The Bertz CT molecular complexity index is 292. The van der Waals surface area contributed by atoms with Crippen LogP contribution in [0.1, 0.15) is 59.3 Å². The van der Waals surface area contributed by atoms with Gasteiger partial charge in [0.2, 0.25) is 0 Å². The molecule has 0 aliphatic heterocycles. The molecule has 1 N–H and O–H groups in total. The zero-order valence-electron chi connectivity index (χ0n) is 10.3. The number of aliphatic hydroxyl groups is 1. The van der Waals surface area contributed by atoms with E-state index in [1.54, 1.807) is 0 Å². The molecule has 15 heavy (non-hydrogen) atoms. The first-order valence-electron chi connectivity index (χ1n) is 6.61. The number of hydrogen-bond acceptors (Lipinski definition) is 1. The van der Waals surface area contributed by atoms with Crippen LogP contribution in [0.15, 0.2) is 0 Å². The Morgan fingerprint density at radius 1 is 1.00 bits per heavy atom. The van der Waals surface area contributed by atoms with Crippen LogP contribution in [0.2, 0.25) is 0 Å². The zero-order chi connectivity index (χ0) is 10.9. The molecule has 0 saturated heterocycles. The highest BCUT2D eigenvalue weighted by atomic mass is 16.3. The van der Waals surface area contributed by atoms with Crippen molar-refractivity contribution in [2.24, 2.45) is 22.7 Å². The molecule has 0 aromatic rings. The second-order valence-electron chi connectivity index (χ2n) is 7.24. The van der Waals surface area contributed by atoms with Crippen LogP contribution < -0.4 is 0 Å². The van der Waals surface area contributed by atoms with E-state index < -0.39 is 0 Å². The van der Waals surface area contributed by atoms with E-state index in [0.29, 0.717) is 16.7 Å². The Hall–Kier alpha value is -0.0400. The van der Waals surface area contributed by atoms with Crippen molar-refractivity contribution >= 4 is 0 Å². The maximum absolute atomic E-state index is 10.5. The first-order valence-corrected chi connectivity index (χ1v) is 6.61. The van der Waals surface area contributed by atoms with Gasteiger partial charge in [0.1, 0.15) is 0 Å². The number of rotatable bonds is 0. The molecule has 3 fully saturated rings. The molecule has 1 nitrogen and oxygen atoms in total. The first-order chi connectivity index (χ1) is 6.89. The predicted molar refractivity (Wildman–Crippen MR) is 61.5 cm³/mol. The SMILES string of the molecule is CC1(C)C2CCC[C@@]23CC[C@@](C)(O)[C@@H]1C3. The lowest BCUT2D eigenvalue weighted by Gasteiger charge is -2.42. The Labute approximate surface area is 93.3 Å². The van der Waals surface area contributed by atoms with Crippen molar-refractivity contribution in [2.45, 2.75) is 64.9 Å². The third-order valence-electron chi connectivity index (χ3n) is 6.19. The molecule has 3 aliphatic carbocycles.